The molecule has 0 aliphatic rings. The molecule has 0 unspecified atom stereocenters. The van der Waals surface area contributed by atoms with Crippen molar-refractivity contribution in [3.8, 4) is 0 Å². The van der Waals surface area contributed by atoms with Gasteiger partial charge in [0.25, 0.3) is 0 Å². The van der Waals surface area contributed by atoms with E-state index < -0.39 is 0 Å². The van der Waals surface area contributed by atoms with Gasteiger partial charge in [-0.3, -0.25) is 0 Å². The monoisotopic (exact) mass is 256 g/mol. The van der Waals surface area contributed by atoms with E-state index in [0.29, 0.717) is 0 Å². The van der Waals surface area contributed by atoms with E-state index in [1.807, 2.05) is 0 Å². The predicted molar refractivity (Wildman–Crippen MR) is 80.5 cm³/mol. The molecule has 0 aromatic rings. The van der Waals surface area contributed by atoms with Crippen molar-refractivity contribution in [3.05, 3.63) is 0 Å². The van der Waals surface area contributed by atoms with Gasteiger partial charge in [0.2, 0.25) is 0 Å². The van der Waals surface area contributed by atoms with Crippen LogP contribution in [0.25, 0.3) is 0 Å². The summed E-state index contributed by atoms with van der Waals surface area (Å²) in [5, 5.41) is 13.8. The zero-order chi connectivity index (χ0) is 13.3. The van der Waals surface area contributed by atoms with E-state index >= 15 is 0 Å². The quantitative estimate of drug-likeness (QED) is 0.267. The van der Waals surface area contributed by atoms with E-state index in [-0.39, 0.29) is 0 Å². The molecule has 0 radical (unpaired) electrons. The van der Waals surface area contributed by atoms with Gasteiger partial charge in [-0.1, -0.05) is 19.3 Å². The number of nitrogens with two attached hydrogens (primary N) is 1. The third kappa shape index (κ3) is 15.6. The Balaban J connectivity index is 2.88. The molecule has 0 amide bonds. The second kappa shape index (κ2) is 16.6. The summed E-state index contributed by atoms with van der Waals surface area (Å²) in [5.74, 6) is 0. The Morgan fingerprint density at radius 1 is 0.722 bits per heavy atom. The van der Waals surface area contributed by atoms with Crippen LogP contribution in [0.1, 0.15) is 51.4 Å². The lowest BCUT2D eigenvalue weighted by Crippen LogP contribution is -2.28. The molecule has 0 saturated carbocycles. The first-order valence-electron chi connectivity index (χ1n) is 7.52. The minimum atomic E-state index is 0.831. The summed E-state index contributed by atoms with van der Waals surface area (Å²) in [4.78, 5) is 0. The molecule has 0 aliphatic heterocycles. The van der Waals surface area contributed by atoms with Crippen LogP contribution in [-0.2, 0) is 0 Å². The van der Waals surface area contributed by atoms with Gasteiger partial charge in [-0.15, -0.1) is 0 Å². The molecule has 0 aromatic carbocycles. The topological polar surface area (TPSA) is 73.9 Å². The molecule has 0 aliphatic carbocycles. The molecular weight excluding hydrogens is 224 g/mol. The number of hydrogen-bond acceptors (Lipinski definition) is 4. The standard InChI is InChI=1S/C14H32N4/c15-9-5-1-3-7-11-17-13-14-18-12-8-4-2-6-10-16/h9,15,17-18H,1-8,10-14,16H2. The summed E-state index contributed by atoms with van der Waals surface area (Å²) in [6.45, 7) is 5.20. The predicted octanol–water partition coefficient (Wildman–Crippen LogP) is 1.89. The lowest BCUT2D eigenvalue weighted by atomic mass is 10.2. The second-order valence-electron chi connectivity index (χ2n) is 4.76. The SMILES string of the molecule is N=CCCCCCNCCNCCCCCCN. The van der Waals surface area contributed by atoms with Gasteiger partial charge in [-0.2, -0.15) is 0 Å². The fourth-order valence-corrected chi connectivity index (χ4v) is 1.85. The fraction of sp³-hybridized carbons (Fsp3) is 0.929. The fourth-order valence-electron chi connectivity index (χ4n) is 1.85. The van der Waals surface area contributed by atoms with Gasteiger partial charge in [0, 0.05) is 13.1 Å². The van der Waals surface area contributed by atoms with Crippen LogP contribution in [0.4, 0.5) is 0 Å². The van der Waals surface area contributed by atoms with Crippen molar-refractivity contribution in [1.29, 1.82) is 5.41 Å². The molecule has 0 spiro atoms. The molecule has 4 heteroatoms. The lowest BCUT2D eigenvalue weighted by molar-refractivity contribution is 0.555. The van der Waals surface area contributed by atoms with Crippen molar-refractivity contribution in [2.45, 2.75) is 51.4 Å². The van der Waals surface area contributed by atoms with E-state index in [1.165, 1.54) is 44.7 Å². The molecule has 18 heavy (non-hydrogen) atoms. The van der Waals surface area contributed by atoms with Crippen LogP contribution in [-0.4, -0.2) is 38.9 Å². The summed E-state index contributed by atoms with van der Waals surface area (Å²) in [7, 11) is 0. The lowest BCUT2D eigenvalue weighted by Gasteiger charge is -2.06. The smallest absolute Gasteiger partial charge is 0.00767 e. The van der Waals surface area contributed by atoms with Crippen molar-refractivity contribution < 1.29 is 0 Å². The van der Waals surface area contributed by atoms with Crippen LogP contribution in [0, 0.1) is 5.41 Å². The average Bonchev–Trinajstić information content (AvgIpc) is 2.39. The summed E-state index contributed by atoms with van der Waals surface area (Å²) in [6, 6.07) is 0. The van der Waals surface area contributed by atoms with Gasteiger partial charge in [0.15, 0.2) is 0 Å². The van der Waals surface area contributed by atoms with Crippen LogP contribution in [0.3, 0.4) is 0 Å². The normalized spacial score (nSPS) is 10.7. The molecule has 108 valence electrons. The molecule has 0 saturated heterocycles. The molecule has 4 nitrogen and oxygen atoms in total. The Morgan fingerprint density at radius 2 is 1.28 bits per heavy atom. The highest BCUT2D eigenvalue weighted by atomic mass is 14.9. The average molecular weight is 256 g/mol. The Bertz CT molecular complexity index is 162. The summed E-state index contributed by atoms with van der Waals surface area (Å²) >= 11 is 0. The zero-order valence-electron chi connectivity index (χ0n) is 11.8. The van der Waals surface area contributed by atoms with Crippen molar-refractivity contribution in [2.75, 3.05) is 32.7 Å². The van der Waals surface area contributed by atoms with Crippen LogP contribution >= 0.6 is 0 Å². The van der Waals surface area contributed by atoms with Crippen LogP contribution in [0.15, 0.2) is 0 Å². The van der Waals surface area contributed by atoms with Crippen molar-refractivity contribution in [2.24, 2.45) is 5.73 Å². The van der Waals surface area contributed by atoms with Crippen molar-refractivity contribution >= 4 is 6.21 Å². The Hall–Kier alpha value is -0.450. The number of rotatable bonds is 15. The summed E-state index contributed by atoms with van der Waals surface area (Å²) in [5.41, 5.74) is 5.44. The van der Waals surface area contributed by atoms with Gasteiger partial charge in [-0.05, 0) is 58.0 Å². The Kier molecular flexibility index (Phi) is 16.1. The molecule has 0 bridgehead atoms. The molecule has 0 heterocycles. The molecule has 5 N–H and O–H groups in total. The molecule has 0 atom stereocenters. The minimum Gasteiger partial charge on any atom is -0.330 e. The highest BCUT2D eigenvalue weighted by molar-refractivity contribution is 5.52. The molecule has 0 rings (SSSR count). The van der Waals surface area contributed by atoms with Gasteiger partial charge < -0.3 is 21.8 Å². The van der Waals surface area contributed by atoms with Gasteiger partial charge in [0.05, 0.1) is 0 Å². The first-order chi connectivity index (χ1) is 8.91. The van der Waals surface area contributed by atoms with Crippen LogP contribution in [0.2, 0.25) is 0 Å². The maximum absolute atomic E-state index is 6.91. The van der Waals surface area contributed by atoms with Crippen LogP contribution in [0.5, 0.6) is 0 Å². The summed E-state index contributed by atoms with van der Waals surface area (Å²) in [6.07, 6.45) is 11.1. The Morgan fingerprint density at radius 3 is 1.83 bits per heavy atom. The van der Waals surface area contributed by atoms with Crippen molar-refractivity contribution in [1.82, 2.24) is 10.6 Å². The van der Waals surface area contributed by atoms with E-state index in [0.717, 1.165) is 45.6 Å². The largest absolute Gasteiger partial charge is 0.330 e. The van der Waals surface area contributed by atoms with E-state index in [2.05, 4.69) is 10.6 Å². The third-order valence-corrected chi connectivity index (χ3v) is 2.99. The Labute approximate surface area is 113 Å². The van der Waals surface area contributed by atoms with E-state index in [1.54, 1.807) is 0 Å². The van der Waals surface area contributed by atoms with E-state index in [9.17, 15) is 0 Å². The maximum atomic E-state index is 6.91. The number of unbranched alkanes of at least 4 members (excludes halogenated alkanes) is 6. The maximum Gasteiger partial charge on any atom is 0.00767 e. The molecule has 0 fully saturated rings. The van der Waals surface area contributed by atoms with E-state index in [4.69, 9.17) is 11.1 Å². The number of hydrogen-bond donors (Lipinski definition) is 4. The summed E-state index contributed by atoms with van der Waals surface area (Å²) < 4.78 is 0. The van der Waals surface area contributed by atoms with Gasteiger partial charge >= 0.3 is 0 Å². The first kappa shape index (κ1) is 17.6. The highest BCUT2D eigenvalue weighted by Crippen LogP contribution is 1.97. The van der Waals surface area contributed by atoms with Gasteiger partial charge in [-0.25, -0.2) is 0 Å². The van der Waals surface area contributed by atoms with Gasteiger partial charge in [0.1, 0.15) is 0 Å². The minimum absolute atomic E-state index is 0.831. The highest BCUT2D eigenvalue weighted by Gasteiger charge is 1.91. The van der Waals surface area contributed by atoms with Crippen molar-refractivity contribution in [3.63, 3.8) is 0 Å². The number of nitrogens with one attached hydrogen (secondary N) is 3. The third-order valence-electron chi connectivity index (χ3n) is 2.99. The molecular formula is C14H32N4. The molecule has 0 aromatic heterocycles. The second-order valence-corrected chi connectivity index (χ2v) is 4.76. The zero-order valence-corrected chi connectivity index (χ0v) is 11.8. The first-order valence-corrected chi connectivity index (χ1v) is 7.52. The van der Waals surface area contributed by atoms with Crippen LogP contribution < -0.4 is 16.4 Å².